The number of hydrogen-bond acceptors (Lipinski definition) is 4. The molecular weight excluding hydrogens is 357 g/mol. The van der Waals surface area contributed by atoms with Crippen molar-refractivity contribution in [3.8, 4) is 5.75 Å². The summed E-state index contributed by atoms with van der Waals surface area (Å²) < 4.78 is 46.3. The molecule has 6 nitrogen and oxygen atoms in total. The highest BCUT2D eigenvalue weighted by Gasteiger charge is 2.22. The molecule has 0 radical (unpaired) electrons. The van der Waals surface area contributed by atoms with E-state index in [2.05, 4.69) is 14.7 Å². The minimum absolute atomic E-state index is 0.000923. The molecule has 126 valence electrons. The lowest BCUT2D eigenvalue weighted by Gasteiger charge is -2.11. The maximum Gasteiger partial charge on any atom is 0.265 e. The van der Waals surface area contributed by atoms with E-state index in [1.165, 1.54) is 26.3 Å². The molecule has 3 rings (SSSR count). The van der Waals surface area contributed by atoms with Gasteiger partial charge in [-0.25, -0.2) is 8.42 Å². The number of methoxy groups -OCH3 is 1. The van der Waals surface area contributed by atoms with Gasteiger partial charge in [0.1, 0.15) is 4.90 Å². The number of sulfonamides is 1. The van der Waals surface area contributed by atoms with Crippen LogP contribution in [-0.4, -0.2) is 25.5 Å². The number of hydrogen-bond donors (Lipinski definition) is 2. The lowest BCUT2D eigenvalue weighted by Crippen LogP contribution is -2.15. The zero-order chi connectivity index (χ0) is 17.5. The number of halogens is 2. The molecule has 0 amide bonds. The molecule has 0 aliphatic heterocycles. The average Bonchev–Trinajstić information content (AvgIpc) is 2.94. The summed E-state index contributed by atoms with van der Waals surface area (Å²) in [7, 11) is -2.66. The van der Waals surface area contributed by atoms with Gasteiger partial charge in [0.05, 0.1) is 7.11 Å². The summed E-state index contributed by atoms with van der Waals surface area (Å²) in [5.74, 6) is -0.872. The van der Waals surface area contributed by atoms with Gasteiger partial charge in [0.25, 0.3) is 10.0 Å². The zero-order valence-electron chi connectivity index (χ0n) is 12.7. The Bertz CT molecular complexity index is 1030. The Morgan fingerprint density at radius 3 is 2.79 bits per heavy atom. The fraction of sp³-hybridized carbons (Fsp3) is 0.133. The van der Waals surface area contributed by atoms with Crippen molar-refractivity contribution in [3.05, 3.63) is 47.0 Å². The van der Waals surface area contributed by atoms with Gasteiger partial charge in [-0.15, -0.1) is 0 Å². The lowest BCUT2D eigenvalue weighted by atomic mass is 10.2. The van der Waals surface area contributed by atoms with Crippen LogP contribution in [0.5, 0.6) is 5.75 Å². The van der Waals surface area contributed by atoms with Gasteiger partial charge < -0.3 is 9.72 Å². The number of aryl methyl sites for hydroxylation is 1. The maximum atomic E-state index is 13.7. The Hall–Kier alpha value is -2.32. The van der Waals surface area contributed by atoms with Crippen LogP contribution >= 0.6 is 11.6 Å². The number of benzene rings is 1. The van der Waals surface area contributed by atoms with Gasteiger partial charge in [0.15, 0.2) is 11.6 Å². The molecule has 9 heteroatoms. The van der Waals surface area contributed by atoms with Gasteiger partial charge in [-0.3, -0.25) is 4.72 Å². The van der Waals surface area contributed by atoms with Crippen LogP contribution in [0.25, 0.3) is 10.9 Å². The Labute approximate surface area is 142 Å². The molecule has 3 aromatic rings. The van der Waals surface area contributed by atoms with Crippen molar-refractivity contribution in [1.82, 2.24) is 9.97 Å². The minimum atomic E-state index is -4.01. The lowest BCUT2D eigenvalue weighted by molar-refractivity contribution is 0.412. The van der Waals surface area contributed by atoms with Crippen molar-refractivity contribution in [1.29, 1.82) is 0 Å². The molecule has 0 atom stereocenters. The van der Waals surface area contributed by atoms with Crippen molar-refractivity contribution in [2.24, 2.45) is 0 Å². The molecule has 0 saturated heterocycles. The molecule has 2 N–H and O–H groups in total. The second kappa shape index (κ2) is 5.95. The van der Waals surface area contributed by atoms with Gasteiger partial charge in [0.2, 0.25) is 5.95 Å². The molecule has 2 aromatic heterocycles. The van der Waals surface area contributed by atoms with Crippen molar-refractivity contribution < 1.29 is 17.5 Å². The summed E-state index contributed by atoms with van der Waals surface area (Å²) in [6, 6.07) is 6.15. The highest BCUT2D eigenvalue weighted by Crippen LogP contribution is 2.30. The molecule has 0 saturated carbocycles. The summed E-state index contributed by atoms with van der Waals surface area (Å²) >= 11 is 5.89. The van der Waals surface area contributed by atoms with E-state index < -0.39 is 16.0 Å². The van der Waals surface area contributed by atoms with Crippen LogP contribution in [-0.2, 0) is 10.0 Å². The molecule has 0 fully saturated rings. The second-order valence-electron chi connectivity index (χ2n) is 5.10. The number of aromatic amines is 1. The van der Waals surface area contributed by atoms with E-state index in [4.69, 9.17) is 16.3 Å². The van der Waals surface area contributed by atoms with Crippen LogP contribution in [0.2, 0.25) is 5.02 Å². The third-order valence-electron chi connectivity index (χ3n) is 3.46. The molecule has 0 unspecified atom stereocenters. The maximum absolute atomic E-state index is 13.7. The first-order chi connectivity index (χ1) is 11.3. The second-order valence-corrected chi connectivity index (χ2v) is 7.18. The van der Waals surface area contributed by atoms with Crippen LogP contribution in [0.4, 0.5) is 10.2 Å². The largest absolute Gasteiger partial charge is 0.493 e. The summed E-state index contributed by atoms with van der Waals surface area (Å²) in [6.07, 6.45) is 1.33. The molecule has 0 aliphatic carbocycles. The number of ether oxygens (including phenoxy) is 1. The van der Waals surface area contributed by atoms with Crippen molar-refractivity contribution >= 4 is 38.3 Å². The fourth-order valence-corrected chi connectivity index (χ4v) is 3.64. The molecule has 2 heterocycles. The molecule has 24 heavy (non-hydrogen) atoms. The number of pyridine rings is 1. The van der Waals surface area contributed by atoms with Gasteiger partial charge in [-0.1, -0.05) is 11.6 Å². The van der Waals surface area contributed by atoms with E-state index >= 15 is 0 Å². The quantitative estimate of drug-likeness (QED) is 0.690. The predicted octanol–water partition coefficient (Wildman–Crippen LogP) is 3.47. The Morgan fingerprint density at radius 1 is 1.33 bits per heavy atom. The summed E-state index contributed by atoms with van der Waals surface area (Å²) in [4.78, 5) is 6.46. The van der Waals surface area contributed by atoms with Crippen LogP contribution in [0, 0.1) is 12.9 Å². The molecule has 0 spiro atoms. The minimum Gasteiger partial charge on any atom is -0.493 e. The van der Waals surface area contributed by atoms with Crippen LogP contribution < -0.4 is 9.46 Å². The molecule has 0 aliphatic rings. The number of rotatable bonds is 4. The highest BCUT2D eigenvalue weighted by molar-refractivity contribution is 7.93. The van der Waals surface area contributed by atoms with Crippen LogP contribution in [0.3, 0.4) is 0 Å². The average molecular weight is 370 g/mol. The van der Waals surface area contributed by atoms with Crippen LogP contribution in [0.15, 0.2) is 35.4 Å². The number of aromatic nitrogens is 2. The number of fused-ring (bicyclic) bond motifs is 1. The van der Waals surface area contributed by atoms with E-state index in [1.807, 2.05) is 0 Å². The van der Waals surface area contributed by atoms with Gasteiger partial charge >= 0.3 is 0 Å². The third-order valence-corrected chi connectivity index (χ3v) is 5.08. The van der Waals surface area contributed by atoms with Gasteiger partial charge in [0, 0.05) is 27.7 Å². The summed E-state index contributed by atoms with van der Waals surface area (Å²) in [5, 5.41) is 0.934. The number of H-pyrrole nitrogens is 1. The van der Waals surface area contributed by atoms with E-state index in [-0.39, 0.29) is 22.0 Å². The summed E-state index contributed by atoms with van der Waals surface area (Å²) in [5.41, 5.74) is 0.814. The van der Waals surface area contributed by atoms with Crippen molar-refractivity contribution in [2.45, 2.75) is 11.8 Å². The van der Waals surface area contributed by atoms with Gasteiger partial charge in [-0.05, 0) is 31.2 Å². The highest BCUT2D eigenvalue weighted by atomic mass is 35.5. The van der Waals surface area contributed by atoms with E-state index in [1.54, 1.807) is 18.2 Å². The number of nitrogens with zero attached hydrogens (tertiary/aromatic N) is 1. The Kier molecular flexibility index (Phi) is 4.10. The third kappa shape index (κ3) is 2.90. The summed E-state index contributed by atoms with van der Waals surface area (Å²) in [6.45, 7) is 1.51. The standard InChI is InChI=1S/C15H13ClFN3O3S/c1-8-5-12(23-2)15(19-14(8)17)20-24(21,22)13-7-18-11-6-9(16)3-4-10(11)13/h3-7,18H,1-2H3,(H,19,20). The molecule has 0 bridgehead atoms. The fourth-order valence-electron chi connectivity index (χ4n) is 2.27. The van der Waals surface area contributed by atoms with E-state index in [0.717, 1.165) is 0 Å². The molecular formula is C15H13ClFN3O3S. The van der Waals surface area contributed by atoms with E-state index in [0.29, 0.717) is 15.9 Å². The number of nitrogens with one attached hydrogen (secondary N) is 2. The number of anilines is 1. The van der Waals surface area contributed by atoms with Crippen LogP contribution in [0.1, 0.15) is 5.56 Å². The first-order valence-corrected chi connectivity index (χ1v) is 8.68. The van der Waals surface area contributed by atoms with E-state index in [9.17, 15) is 12.8 Å². The van der Waals surface area contributed by atoms with Crippen molar-refractivity contribution in [2.75, 3.05) is 11.8 Å². The predicted molar refractivity (Wildman–Crippen MR) is 89.6 cm³/mol. The van der Waals surface area contributed by atoms with Gasteiger partial charge in [-0.2, -0.15) is 9.37 Å². The normalized spacial score (nSPS) is 11.7. The Balaban J connectivity index is 2.07. The monoisotopic (exact) mass is 369 g/mol. The topological polar surface area (TPSA) is 84.1 Å². The van der Waals surface area contributed by atoms with Crippen molar-refractivity contribution in [3.63, 3.8) is 0 Å². The first-order valence-electron chi connectivity index (χ1n) is 6.82. The zero-order valence-corrected chi connectivity index (χ0v) is 14.3. The molecule has 1 aromatic carbocycles. The Morgan fingerprint density at radius 2 is 2.08 bits per heavy atom. The smallest absolute Gasteiger partial charge is 0.265 e. The first kappa shape index (κ1) is 16.5. The SMILES string of the molecule is COc1cc(C)c(F)nc1NS(=O)(=O)c1c[nH]c2cc(Cl)ccc12.